The molecule has 1 N–H and O–H groups in total. The van der Waals surface area contributed by atoms with E-state index in [9.17, 15) is 17.8 Å². The lowest BCUT2D eigenvalue weighted by Crippen LogP contribution is -2.16. The van der Waals surface area contributed by atoms with Crippen LogP contribution in [0, 0.1) is 0 Å². The van der Waals surface area contributed by atoms with Crippen LogP contribution < -0.4 is 4.74 Å². The summed E-state index contributed by atoms with van der Waals surface area (Å²) in [4.78, 5) is 23.7. The summed E-state index contributed by atoms with van der Waals surface area (Å²) in [5.41, 5.74) is 0.433. The molecule has 3 rings (SSSR count). The van der Waals surface area contributed by atoms with Gasteiger partial charge in [-0.25, -0.2) is 19.7 Å². The van der Waals surface area contributed by atoms with E-state index in [-0.39, 0.29) is 36.3 Å². The SMILES string of the molecule is O=C(OCCOc1ccc(/C=C/c2nc(C(Cl)(Cl)Cl)nc(C(Cl)(Cl)Cl)n2)cc1)c1ccccc1S(=O)(=O)O. The van der Waals surface area contributed by atoms with Crippen molar-refractivity contribution < 1.29 is 27.2 Å². The molecule has 0 amide bonds. The van der Waals surface area contributed by atoms with Crippen molar-refractivity contribution in [1.82, 2.24) is 15.0 Å². The Balaban J connectivity index is 1.60. The molecule has 1 heterocycles. The summed E-state index contributed by atoms with van der Waals surface area (Å²) in [6.45, 7) is -0.184. The average Bonchev–Trinajstić information content (AvgIpc) is 2.84. The highest BCUT2D eigenvalue weighted by atomic mass is 35.6. The molecular formula is C22H15Cl6N3O6S. The van der Waals surface area contributed by atoms with Gasteiger partial charge in [0, 0.05) is 0 Å². The fourth-order valence-electron chi connectivity index (χ4n) is 2.80. The molecule has 0 fully saturated rings. The minimum atomic E-state index is -4.58. The van der Waals surface area contributed by atoms with Gasteiger partial charge in [0.05, 0.1) is 5.56 Å². The second-order valence-electron chi connectivity index (χ2n) is 7.19. The predicted molar refractivity (Wildman–Crippen MR) is 146 cm³/mol. The van der Waals surface area contributed by atoms with Crippen LogP contribution in [-0.2, 0) is 22.4 Å². The third-order valence-electron chi connectivity index (χ3n) is 4.43. The second kappa shape index (κ2) is 12.5. The summed E-state index contributed by atoms with van der Waals surface area (Å²) in [6, 6.07) is 11.9. The fraction of sp³-hybridized carbons (Fsp3) is 0.182. The number of halogens is 6. The zero-order chi connectivity index (χ0) is 28.1. The molecule has 202 valence electrons. The van der Waals surface area contributed by atoms with Gasteiger partial charge in [0.1, 0.15) is 23.9 Å². The third kappa shape index (κ3) is 8.82. The maximum Gasteiger partial charge on any atom is 0.339 e. The first-order valence-electron chi connectivity index (χ1n) is 10.2. The zero-order valence-electron chi connectivity index (χ0n) is 18.7. The van der Waals surface area contributed by atoms with E-state index in [2.05, 4.69) is 15.0 Å². The van der Waals surface area contributed by atoms with Crippen molar-refractivity contribution in [2.45, 2.75) is 12.5 Å². The van der Waals surface area contributed by atoms with Crippen LogP contribution in [0.15, 0.2) is 53.4 Å². The lowest BCUT2D eigenvalue weighted by molar-refractivity contribution is 0.0445. The van der Waals surface area contributed by atoms with E-state index < -0.39 is 28.6 Å². The summed E-state index contributed by atoms with van der Waals surface area (Å²) < 4.78 is 38.7. The number of carbonyl (C=O) groups is 1. The summed E-state index contributed by atoms with van der Waals surface area (Å²) in [5.74, 6) is -0.806. The molecule has 0 saturated heterocycles. The van der Waals surface area contributed by atoms with E-state index in [0.717, 1.165) is 11.6 Å². The highest BCUT2D eigenvalue weighted by Gasteiger charge is 2.33. The molecule has 0 atom stereocenters. The van der Waals surface area contributed by atoms with E-state index in [1.165, 1.54) is 24.3 Å². The number of esters is 1. The molecule has 3 aromatic rings. The number of hydrogen-bond donors (Lipinski definition) is 1. The van der Waals surface area contributed by atoms with Gasteiger partial charge in [-0.05, 0) is 35.9 Å². The van der Waals surface area contributed by atoms with Gasteiger partial charge in [0.25, 0.3) is 10.1 Å². The van der Waals surface area contributed by atoms with Gasteiger partial charge in [-0.1, -0.05) is 99.9 Å². The molecule has 0 saturated carbocycles. The quantitative estimate of drug-likeness (QED) is 0.130. The first kappa shape index (κ1) is 30.6. The van der Waals surface area contributed by atoms with Gasteiger partial charge in [0.2, 0.25) is 7.59 Å². The summed E-state index contributed by atoms with van der Waals surface area (Å²) >= 11 is 35.2. The van der Waals surface area contributed by atoms with Crippen LogP contribution in [0.25, 0.3) is 12.2 Å². The van der Waals surface area contributed by atoms with Crippen molar-refractivity contribution >= 4 is 97.8 Å². The van der Waals surface area contributed by atoms with E-state index in [4.69, 9.17) is 79.1 Å². The van der Waals surface area contributed by atoms with E-state index in [0.29, 0.717) is 5.75 Å². The standard InChI is InChI=1S/C22H15Cl6N3O6S/c23-21(24,25)19-29-17(30-20(31-19)22(26,27)28)10-7-13-5-8-14(9-6-13)36-11-12-37-18(32)15-3-1-2-4-16(15)38(33,34)35/h1-10H,11-12H2,(H,33,34,35)/b10-7+. The lowest BCUT2D eigenvalue weighted by atomic mass is 10.2. The van der Waals surface area contributed by atoms with Crippen LogP contribution in [0.5, 0.6) is 5.75 Å². The highest BCUT2D eigenvalue weighted by molar-refractivity contribution is 7.86. The molecular weight excluding hydrogens is 647 g/mol. The Morgan fingerprint density at radius 2 is 1.42 bits per heavy atom. The van der Waals surface area contributed by atoms with Gasteiger partial charge in [-0.3, -0.25) is 4.55 Å². The minimum Gasteiger partial charge on any atom is -0.490 e. The normalized spacial score (nSPS) is 12.5. The Morgan fingerprint density at radius 3 is 1.97 bits per heavy atom. The van der Waals surface area contributed by atoms with Crippen LogP contribution in [0.2, 0.25) is 0 Å². The number of hydrogen-bond acceptors (Lipinski definition) is 8. The average molecular weight is 662 g/mol. The summed E-state index contributed by atoms with van der Waals surface area (Å²) in [6.07, 6.45) is 3.15. The molecule has 0 unspecified atom stereocenters. The molecule has 0 radical (unpaired) electrons. The minimum absolute atomic E-state index is 0.0145. The molecule has 0 bridgehead atoms. The number of nitrogens with zero attached hydrogens (tertiary/aromatic N) is 3. The van der Waals surface area contributed by atoms with Gasteiger partial charge in [0.15, 0.2) is 17.5 Å². The highest BCUT2D eigenvalue weighted by Crippen LogP contribution is 2.40. The second-order valence-corrected chi connectivity index (χ2v) is 13.1. The lowest BCUT2D eigenvalue weighted by Gasteiger charge is -2.14. The Hall–Kier alpha value is -1.89. The van der Waals surface area contributed by atoms with Crippen LogP contribution in [0.3, 0.4) is 0 Å². The number of benzene rings is 2. The largest absolute Gasteiger partial charge is 0.490 e. The van der Waals surface area contributed by atoms with Crippen molar-refractivity contribution in [2.24, 2.45) is 0 Å². The maximum absolute atomic E-state index is 12.2. The third-order valence-corrected chi connectivity index (χ3v) is 6.36. The number of rotatable bonds is 8. The van der Waals surface area contributed by atoms with Gasteiger partial charge in [-0.15, -0.1) is 0 Å². The molecule has 2 aromatic carbocycles. The van der Waals surface area contributed by atoms with Gasteiger partial charge < -0.3 is 9.47 Å². The molecule has 0 spiro atoms. The van der Waals surface area contributed by atoms with Crippen molar-refractivity contribution in [2.75, 3.05) is 13.2 Å². The molecule has 0 aliphatic carbocycles. The number of alkyl halides is 6. The van der Waals surface area contributed by atoms with Crippen molar-refractivity contribution in [3.05, 3.63) is 77.1 Å². The zero-order valence-corrected chi connectivity index (χ0v) is 24.0. The Labute approximate surface area is 247 Å². The summed E-state index contributed by atoms with van der Waals surface area (Å²) in [5, 5.41) is 0. The van der Waals surface area contributed by atoms with Crippen molar-refractivity contribution in [1.29, 1.82) is 0 Å². The molecule has 0 aliphatic heterocycles. The van der Waals surface area contributed by atoms with Crippen LogP contribution in [0.1, 0.15) is 33.4 Å². The number of ether oxygens (including phenoxy) is 2. The topological polar surface area (TPSA) is 129 Å². The van der Waals surface area contributed by atoms with Crippen LogP contribution in [-0.4, -0.2) is 47.1 Å². The summed E-state index contributed by atoms with van der Waals surface area (Å²) in [7, 11) is -4.58. The van der Waals surface area contributed by atoms with Gasteiger partial charge >= 0.3 is 5.97 Å². The smallest absolute Gasteiger partial charge is 0.339 e. The predicted octanol–water partition coefficient (Wildman–Crippen LogP) is 6.18. The van der Waals surface area contributed by atoms with Gasteiger partial charge in [-0.2, -0.15) is 8.42 Å². The first-order valence-corrected chi connectivity index (χ1v) is 13.9. The monoisotopic (exact) mass is 659 g/mol. The van der Waals surface area contributed by atoms with Crippen LogP contribution in [0.4, 0.5) is 0 Å². The number of carbonyl (C=O) groups excluding carboxylic acids is 1. The number of aromatic nitrogens is 3. The molecule has 9 nitrogen and oxygen atoms in total. The fourth-order valence-corrected chi connectivity index (χ4v) is 3.99. The Morgan fingerprint density at radius 1 is 0.842 bits per heavy atom. The Kier molecular flexibility index (Phi) is 10.1. The maximum atomic E-state index is 12.2. The molecule has 0 aliphatic rings. The first-order chi connectivity index (χ1) is 17.6. The van der Waals surface area contributed by atoms with E-state index >= 15 is 0 Å². The molecule has 1 aromatic heterocycles. The molecule has 16 heteroatoms. The van der Waals surface area contributed by atoms with E-state index in [1.807, 2.05) is 0 Å². The Bertz CT molecular complexity index is 1410. The van der Waals surface area contributed by atoms with Crippen molar-refractivity contribution in [3.63, 3.8) is 0 Å². The van der Waals surface area contributed by atoms with Crippen molar-refractivity contribution in [3.8, 4) is 5.75 Å². The van der Waals surface area contributed by atoms with E-state index in [1.54, 1.807) is 30.3 Å². The van der Waals surface area contributed by atoms with Crippen LogP contribution >= 0.6 is 69.6 Å². The molecule has 38 heavy (non-hydrogen) atoms.